The van der Waals surface area contributed by atoms with E-state index >= 15 is 0 Å². The Labute approximate surface area is 169 Å². The van der Waals surface area contributed by atoms with Crippen LogP contribution in [0.3, 0.4) is 0 Å². The van der Waals surface area contributed by atoms with Gasteiger partial charge in [-0.2, -0.15) is 0 Å². The van der Waals surface area contributed by atoms with E-state index in [9.17, 15) is 4.79 Å². The Morgan fingerprint density at radius 1 is 1.27 bits per heavy atom. The molecule has 0 aliphatic rings. The summed E-state index contributed by atoms with van der Waals surface area (Å²) in [6.07, 6.45) is 8.98. The Morgan fingerprint density at radius 2 is 1.96 bits per heavy atom. The maximum Gasteiger partial charge on any atom is 0.324 e. The molecule has 0 aromatic carbocycles. The Kier molecular flexibility index (Phi) is 12.0. The molecule has 1 aromatic heterocycles. The van der Waals surface area contributed by atoms with Crippen molar-refractivity contribution in [3.05, 3.63) is 11.1 Å². The first kappa shape index (κ1) is 23.9. The lowest BCUT2D eigenvalue weighted by molar-refractivity contribution is -0.135. The van der Waals surface area contributed by atoms with Crippen LogP contribution in [0.25, 0.3) is 0 Å². The topological polar surface area (TPSA) is 51.2 Å². The van der Waals surface area contributed by atoms with Crippen molar-refractivity contribution < 1.29 is 9.32 Å². The Hall–Kier alpha value is -0.160. The fraction of sp³-hybridized carbons (Fsp3) is 0.789. The summed E-state index contributed by atoms with van der Waals surface area (Å²) in [6.45, 7) is 10.4. The van der Waals surface area contributed by atoms with Crippen LogP contribution in [-0.4, -0.2) is 28.8 Å². The average Bonchev–Trinajstić information content (AvgIpc) is 3.02. The molecule has 0 aliphatic carbocycles. The predicted molar refractivity (Wildman–Crippen MR) is 117 cm³/mol. The summed E-state index contributed by atoms with van der Waals surface area (Å²) < 4.78 is 5.06. The van der Waals surface area contributed by atoms with Gasteiger partial charge in [-0.05, 0) is 32.7 Å². The molecular weight excluding hydrogens is 383 g/mol. The summed E-state index contributed by atoms with van der Waals surface area (Å²) in [4.78, 5) is 16.4. The normalized spacial score (nSPS) is 11.9. The van der Waals surface area contributed by atoms with Gasteiger partial charge in [0, 0.05) is 18.3 Å². The fourth-order valence-corrected chi connectivity index (χ4v) is 5.18. The SMILES string of the molecule is CC(C)CCCCCCCNCCc1csc(SC(C)(C)C(=O)OP)n1. The molecule has 0 bridgehead atoms. The van der Waals surface area contributed by atoms with Gasteiger partial charge in [-0.15, -0.1) is 11.3 Å². The van der Waals surface area contributed by atoms with E-state index < -0.39 is 4.75 Å². The van der Waals surface area contributed by atoms with Gasteiger partial charge >= 0.3 is 5.97 Å². The molecule has 150 valence electrons. The van der Waals surface area contributed by atoms with Crippen LogP contribution >= 0.6 is 32.6 Å². The van der Waals surface area contributed by atoms with Crippen LogP contribution in [0.1, 0.15) is 71.9 Å². The molecule has 0 saturated heterocycles. The van der Waals surface area contributed by atoms with Gasteiger partial charge in [0.25, 0.3) is 0 Å². The molecule has 4 nitrogen and oxygen atoms in total. The number of thioether (sulfide) groups is 1. The molecule has 0 amide bonds. The zero-order valence-corrected chi connectivity index (χ0v) is 19.5. The number of nitrogens with zero attached hydrogens (tertiary/aromatic N) is 1. The van der Waals surface area contributed by atoms with Crippen molar-refractivity contribution in [3.8, 4) is 0 Å². The van der Waals surface area contributed by atoms with Crippen LogP contribution in [-0.2, 0) is 15.7 Å². The lowest BCUT2D eigenvalue weighted by atomic mass is 10.0. The van der Waals surface area contributed by atoms with E-state index in [1.54, 1.807) is 11.3 Å². The quantitative estimate of drug-likeness (QED) is 0.246. The van der Waals surface area contributed by atoms with Crippen LogP contribution in [0.4, 0.5) is 0 Å². The van der Waals surface area contributed by atoms with E-state index in [0.717, 1.165) is 35.5 Å². The third kappa shape index (κ3) is 10.2. The zero-order valence-electron chi connectivity index (χ0n) is 16.7. The molecule has 0 spiro atoms. The highest BCUT2D eigenvalue weighted by molar-refractivity contribution is 8.03. The molecule has 1 unspecified atom stereocenters. The second kappa shape index (κ2) is 13.1. The highest BCUT2D eigenvalue weighted by atomic mass is 32.2. The Morgan fingerprint density at radius 3 is 2.65 bits per heavy atom. The van der Waals surface area contributed by atoms with E-state index in [1.165, 1.54) is 50.3 Å². The number of nitrogens with one attached hydrogen (secondary N) is 1. The number of unbranched alkanes of at least 4 members (excludes halogenated alkanes) is 4. The van der Waals surface area contributed by atoms with Crippen molar-refractivity contribution in [3.63, 3.8) is 0 Å². The molecule has 1 atom stereocenters. The van der Waals surface area contributed by atoms with Crippen molar-refractivity contribution in [2.75, 3.05) is 13.1 Å². The van der Waals surface area contributed by atoms with E-state index in [-0.39, 0.29) is 5.97 Å². The fourth-order valence-electron chi connectivity index (χ4n) is 2.53. The Bertz CT molecular complexity index is 521. The number of carbonyl (C=O) groups excluding carboxylic acids is 1. The molecule has 7 heteroatoms. The predicted octanol–water partition coefficient (Wildman–Crippen LogP) is 5.48. The summed E-state index contributed by atoms with van der Waals surface area (Å²) in [6, 6.07) is 0. The maximum absolute atomic E-state index is 11.7. The lowest BCUT2D eigenvalue weighted by Gasteiger charge is -2.18. The van der Waals surface area contributed by atoms with Crippen molar-refractivity contribution in [2.45, 2.75) is 81.7 Å². The number of carbonyl (C=O) groups is 1. The molecular formula is C19H35N2O2PS2. The largest absolute Gasteiger partial charge is 0.450 e. The third-order valence-electron chi connectivity index (χ3n) is 4.16. The second-order valence-corrected chi connectivity index (χ2v) is 10.5. The third-order valence-corrected chi connectivity index (χ3v) is 6.54. The van der Waals surface area contributed by atoms with Crippen LogP contribution < -0.4 is 5.32 Å². The van der Waals surface area contributed by atoms with Gasteiger partial charge in [0.15, 0.2) is 4.34 Å². The van der Waals surface area contributed by atoms with Gasteiger partial charge in [0.05, 0.1) is 15.2 Å². The van der Waals surface area contributed by atoms with Gasteiger partial charge in [0.2, 0.25) is 0 Å². The minimum Gasteiger partial charge on any atom is -0.450 e. The monoisotopic (exact) mass is 418 g/mol. The molecule has 0 radical (unpaired) electrons. The lowest BCUT2D eigenvalue weighted by Crippen LogP contribution is -2.27. The summed E-state index contributed by atoms with van der Waals surface area (Å²) in [5, 5.41) is 5.59. The minimum atomic E-state index is -0.621. The molecule has 0 saturated carbocycles. The summed E-state index contributed by atoms with van der Waals surface area (Å²) in [5.41, 5.74) is 1.09. The standard InChI is InChI=1S/C19H35N2O2PS2/c1-15(2)10-8-6-5-7-9-12-20-13-11-16-14-25-18(21-16)26-19(3,4)17(22)23-24/h14-15,20H,5-13,24H2,1-4H3. The van der Waals surface area contributed by atoms with Gasteiger partial charge in [0.1, 0.15) is 4.75 Å². The highest BCUT2D eigenvalue weighted by Gasteiger charge is 2.31. The molecule has 1 aromatic rings. The average molecular weight is 419 g/mol. The van der Waals surface area contributed by atoms with E-state index in [1.807, 2.05) is 23.3 Å². The van der Waals surface area contributed by atoms with E-state index in [2.05, 4.69) is 29.5 Å². The van der Waals surface area contributed by atoms with E-state index in [4.69, 9.17) is 4.52 Å². The van der Waals surface area contributed by atoms with Gasteiger partial charge in [-0.25, -0.2) is 4.98 Å². The van der Waals surface area contributed by atoms with Gasteiger partial charge in [-0.1, -0.05) is 57.7 Å². The second-order valence-electron chi connectivity index (χ2n) is 7.57. The molecule has 0 fully saturated rings. The van der Waals surface area contributed by atoms with E-state index in [0.29, 0.717) is 0 Å². The zero-order chi connectivity index (χ0) is 19.4. The van der Waals surface area contributed by atoms with Crippen LogP contribution in [0.2, 0.25) is 0 Å². The molecule has 0 aliphatic heterocycles. The van der Waals surface area contributed by atoms with Crippen LogP contribution in [0, 0.1) is 5.92 Å². The summed E-state index contributed by atoms with van der Waals surface area (Å²) >= 11 is 3.05. The van der Waals surface area contributed by atoms with Gasteiger partial charge < -0.3 is 9.84 Å². The minimum absolute atomic E-state index is 0.255. The Balaban J connectivity index is 2.10. The first-order chi connectivity index (χ1) is 12.3. The number of thiazole rings is 1. The van der Waals surface area contributed by atoms with Crippen molar-refractivity contribution >= 4 is 38.5 Å². The van der Waals surface area contributed by atoms with Crippen molar-refractivity contribution in [2.24, 2.45) is 5.92 Å². The van der Waals surface area contributed by atoms with Crippen LogP contribution in [0.15, 0.2) is 9.72 Å². The van der Waals surface area contributed by atoms with Crippen molar-refractivity contribution in [1.82, 2.24) is 10.3 Å². The first-order valence-electron chi connectivity index (χ1n) is 9.60. The van der Waals surface area contributed by atoms with Crippen LogP contribution in [0.5, 0.6) is 0 Å². The summed E-state index contributed by atoms with van der Waals surface area (Å²) in [5.74, 6) is 0.585. The molecule has 26 heavy (non-hydrogen) atoms. The number of hydrogen-bond acceptors (Lipinski definition) is 6. The molecule has 1 N–H and O–H groups in total. The number of hydrogen-bond donors (Lipinski definition) is 1. The molecule has 1 heterocycles. The smallest absolute Gasteiger partial charge is 0.324 e. The number of rotatable bonds is 14. The van der Waals surface area contributed by atoms with Gasteiger partial charge in [-0.3, -0.25) is 4.79 Å². The van der Waals surface area contributed by atoms with Crippen molar-refractivity contribution in [1.29, 1.82) is 0 Å². The maximum atomic E-state index is 11.7. The number of aromatic nitrogens is 1. The first-order valence-corrected chi connectivity index (χ1v) is 11.8. The molecule has 1 rings (SSSR count). The summed E-state index contributed by atoms with van der Waals surface area (Å²) in [7, 11) is 2.02. The highest BCUT2D eigenvalue weighted by Crippen LogP contribution is 2.35.